The molecule has 1 heterocycles. The Bertz CT molecular complexity index is 673. The number of rotatable bonds is 10. The van der Waals surface area contributed by atoms with Gasteiger partial charge in [0, 0.05) is 11.5 Å². The molecule has 0 N–H and O–H groups in total. The molecule has 3 heteroatoms. The Morgan fingerprint density at radius 1 is 0.821 bits per heavy atom. The van der Waals surface area contributed by atoms with Crippen molar-refractivity contribution in [2.24, 2.45) is 5.92 Å². The molecule has 152 valence electrons. The van der Waals surface area contributed by atoms with Crippen LogP contribution < -0.4 is 4.74 Å². The molecular weight excluding hydrogens is 344 g/mol. The summed E-state index contributed by atoms with van der Waals surface area (Å²) >= 11 is 0. The van der Waals surface area contributed by atoms with Gasteiger partial charge in [0.15, 0.2) is 0 Å². The molecule has 28 heavy (non-hydrogen) atoms. The molecule has 1 aromatic carbocycles. The quantitative estimate of drug-likeness (QED) is 0.410. The van der Waals surface area contributed by atoms with Crippen molar-refractivity contribution in [2.45, 2.75) is 84.0 Å². The van der Waals surface area contributed by atoms with E-state index in [1.165, 1.54) is 63.5 Å². The highest BCUT2D eigenvalue weighted by Crippen LogP contribution is 2.36. The summed E-state index contributed by atoms with van der Waals surface area (Å²) in [6.07, 6.45) is 12.9. The second-order valence-electron chi connectivity index (χ2n) is 8.28. The Labute approximate surface area is 170 Å². The maximum Gasteiger partial charge on any atom is 0.119 e. The van der Waals surface area contributed by atoms with Gasteiger partial charge in [0.2, 0.25) is 0 Å². The van der Waals surface area contributed by atoms with E-state index in [4.69, 9.17) is 4.74 Å². The van der Waals surface area contributed by atoms with Crippen LogP contribution in [0, 0.1) is 5.92 Å². The van der Waals surface area contributed by atoms with Crippen LogP contribution in [0.3, 0.4) is 0 Å². The Morgan fingerprint density at radius 2 is 1.61 bits per heavy atom. The molecule has 1 aliphatic carbocycles. The highest BCUT2D eigenvalue weighted by molar-refractivity contribution is 5.59. The molecule has 0 spiro atoms. The van der Waals surface area contributed by atoms with E-state index < -0.39 is 0 Å². The van der Waals surface area contributed by atoms with E-state index in [0.29, 0.717) is 5.92 Å². The van der Waals surface area contributed by atoms with Crippen molar-refractivity contribution in [3.8, 4) is 17.0 Å². The number of nitrogens with zero attached hydrogens (tertiary/aromatic N) is 2. The van der Waals surface area contributed by atoms with E-state index in [1.807, 2.05) is 12.1 Å². The van der Waals surface area contributed by atoms with Gasteiger partial charge in [-0.3, -0.25) is 0 Å². The fourth-order valence-corrected chi connectivity index (χ4v) is 4.31. The lowest BCUT2D eigenvalue weighted by atomic mass is 9.79. The molecule has 2 aromatic rings. The van der Waals surface area contributed by atoms with E-state index in [1.54, 1.807) is 0 Å². The summed E-state index contributed by atoms with van der Waals surface area (Å²) in [5.74, 6) is 2.47. The largest absolute Gasteiger partial charge is 0.494 e. The molecule has 0 atom stereocenters. The Hall–Kier alpha value is -1.90. The second-order valence-corrected chi connectivity index (χ2v) is 8.28. The van der Waals surface area contributed by atoms with Gasteiger partial charge < -0.3 is 4.74 Å². The summed E-state index contributed by atoms with van der Waals surface area (Å²) in [4.78, 5) is 0. The van der Waals surface area contributed by atoms with Gasteiger partial charge in [-0.2, -0.15) is 10.2 Å². The van der Waals surface area contributed by atoms with Gasteiger partial charge in [-0.15, -0.1) is 0 Å². The fourth-order valence-electron chi connectivity index (χ4n) is 4.31. The maximum atomic E-state index is 5.83. The second kappa shape index (κ2) is 11.2. The van der Waals surface area contributed by atoms with Crippen molar-refractivity contribution in [1.29, 1.82) is 0 Å². The number of ether oxygens (including phenoxy) is 1. The molecular formula is C25H36N2O. The molecule has 1 aliphatic rings. The zero-order chi connectivity index (χ0) is 19.6. The summed E-state index contributed by atoms with van der Waals surface area (Å²) in [5.41, 5.74) is 3.22. The molecule has 0 saturated heterocycles. The SMILES string of the molecule is CCCCCCOc1ccc(-c2ccc(C3CCC(CCC)CC3)nn2)cc1. The minimum absolute atomic E-state index is 0.596. The monoisotopic (exact) mass is 380 g/mol. The Kier molecular flexibility index (Phi) is 8.32. The minimum Gasteiger partial charge on any atom is -0.494 e. The molecule has 0 unspecified atom stereocenters. The third-order valence-corrected chi connectivity index (χ3v) is 6.06. The first kappa shape index (κ1) is 20.8. The minimum atomic E-state index is 0.596. The van der Waals surface area contributed by atoms with Crippen LogP contribution in [-0.4, -0.2) is 16.8 Å². The highest BCUT2D eigenvalue weighted by atomic mass is 16.5. The van der Waals surface area contributed by atoms with Crippen LogP contribution >= 0.6 is 0 Å². The van der Waals surface area contributed by atoms with E-state index in [2.05, 4.69) is 48.3 Å². The summed E-state index contributed by atoms with van der Waals surface area (Å²) in [7, 11) is 0. The van der Waals surface area contributed by atoms with Crippen molar-refractivity contribution in [1.82, 2.24) is 10.2 Å². The van der Waals surface area contributed by atoms with E-state index in [9.17, 15) is 0 Å². The zero-order valence-corrected chi connectivity index (χ0v) is 17.7. The molecule has 1 fully saturated rings. The van der Waals surface area contributed by atoms with Crippen LogP contribution in [0.5, 0.6) is 5.75 Å². The molecule has 3 rings (SSSR count). The van der Waals surface area contributed by atoms with E-state index >= 15 is 0 Å². The summed E-state index contributed by atoms with van der Waals surface area (Å²) in [5, 5.41) is 9.08. The van der Waals surface area contributed by atoms with Crippen LogP contribution in [0.2, 0.25) is 0 Å². The van der Waals surface area contributed by atoms with Gasteiger partial charge >= 0.3 is 0 Å². The Balaban J connectivity index is 1.51. The lowest BCUT2D eigenvalue weighted by molar-refractivity contribution is 0.304. The third kappa shape index (κ3) is 6.05. The molecule has 0 aliphatic heterocycles. The van der Waals surface area contributed by atoms with Gasteiger partial charge in [0.05, 0.1) is 18.0 Å². The average Bonchev–Trinajstić information content (AvgIpc) is 2.75. The van der Waals surface area contributed by atoms with Crippen molar-refractivity contribution < 1.29 is 4.74 Å². The van der Waals surface area contributed by atoms with Crippen LogP contribution in [-0.2, 0) is 0 Å². The number of hydrogen-bond acceptors (Lipinski definition) is 3. The van der Waals surface area contributed by atoms with Crippen LogP contribution in [0.1, 0.15) is 89.7 Å². The Morgan fingerprint density at radius 3 is 2.25 bits per heavy atom. The number of unbranched alkanes of at least 4 members (excludes halogenated alkanes) is 3. The van der Waals surface area contributed by atoms with Gasteiger partial charge in [0.1, 0.15) is 5.75 Å². The van der Waals surface area contributed by atoms with Gasteiger partial charge in [-0.1, -0.05) is 46.0 Å². The zero-order valence-electron chi connectivity index (χ0n) is 17.7. The summed E-state index contributed by atoms with van der Waals surface area (Å²) < 4.78 is 5.83. The fraction of sp³-hybridized carbons (Fsp3) is 0.600. The van der Waals surface area contributed by atoms with Gasteiger partial charge in [-0.05, 0) is 74.4 Å². The topological polar surface area (TPSA) is 35.0 Å². The van der Waals surface area contributed by atoms with Crippen LogP contribution in [0.15, 0.2) is 36.4 Å². The van der Waals surface area contributed by atoms with Crippen LogP contribution in [0.25, 0.3) is 11.3 Å². The smallest absolute Gasteiger partial charge is 0.119 e. The lowest BCUT2D eigenvalue weighted by Gasteiger charge is -2.27. The third-order valence-electron chi connectivity index (χ3n) is 6.06. The lowest BCUT2D eigenvalue weighted by Crippen LogP contribution is -2.14. The molecule has 1 aromatic heterocycles. The highest BCUT2D eigenvalue weighted by Gasteiger charge is 2.23. The number of aromatic nitrogens is 2. The molecule has 3 nitrogen and oxygen atoms in total. The molecule has 0 bridgehead atoms. The number of hydrogen-bond donors (Lipinski definition) is 0. The predicted molar refractivity (Wildman–Crippen MR) is 117 cm³/mol. The van der Waals surface area contributed by atoms with Gasteiger partial charge in [-0.25, -0.2) is 0 Å². The molecule has 1 saturated carbocycles. The number of benzene rings is 1. The van der Waals surface area contributed by atoms with Gasteiger partial charge in [0.25, 0.3) is 0 Å². The molecule has 0 amide bonds. The standard InChI is InChI=1S/C25H36N2O/c1-3-5-6-7-19-28-23-15-13-22(14-16-23)25-18-17-24(26-27-25)21-11-9-20(8-4-2)10-12-21/h13-18,20-21H,3-12,19H2,1-2H3. The van der Waals surface area contributed by atoms with Crippen molar-refractivity contribution in [3.63, 3.8) is 0 Å². The van der Waals surface area contributed by atoms with E-state index in [0.717, 1.165) is 36.0 Å². The first-order chi connectivity index (χ1) is 13.8. The first-order valence-electron chi connectivity index (χ1n) is 11.4. The summed E-state index contributed by atoms with van der Waals surface area (Å²) in [6, 6.07) is 12.6. The van der Waals surface area contributed by atoms with Crippen LogP contribution in [0.4, 0.5) is 0 Å². The average molecular weight is 381 g/mol. The maximum absolute atomic E-state index is 5.83. The normalized spacial score (nSPS) is 19.5. The summed E-state index contributed by atoms with van der Waals surface area (Å²) in [6.45, 7) is 5.32. The van der Waals surface area contributed by atoms with Crippen molar-refractivity contribution in [2.75, 3.05) is 6.61 Å². The van der Waals surface area contributed by atoms with Crippen molar-refractivity contribution >= 4 is 0 Å². The predicted octanol–water partition coefficient (Wildman–Crippen LogP) is 7.18. The molecule has 0 radical (unpaired) electrons. The van der Waals surface area contributed by atoms with Crippen molar-refractivity contribution in [3.05, 3.63) is 42.1 Å². The first-order valence-corrected chi connectivity index (χ1v) is 11.4. The van der Waals surface area contributed by atoms with E-state index in [-0.39, 0.29) is 0 Å².